The average molecular weight is 178 g/mol. The van der Waals surface area contributed by atoms with Crippen molar-refractivity contribution >= 4 is 0 Å². The lowest BCUT2D eigenvalue weighted by atomic mass is 10.1. The fourth-order valence-electron chi connectivity index (χ4n) is 1.25. The lowest BCUT2D eigenvalue weighted by Crippen LogP contribution is -2.29. The van der Waals surface area contributed by atoms with Crippen LogP contribution in [0.4, 0.5) is 0 Å². The summed E-state index contributed by atoms with van der Waals surface area (Å²) in [6.07, 6.45) is -2.59. The molecule has 0 saturated carbocycles. The zero-order valence-electron chi connectivity index (χ0n) is 6.88. The number of hydrogen-bond acceptors (Lipinski definition) is 5. The van der Waals surface area contributed by atoms with Gasteiger partial charge in [0.15, 0.2) is 6.29 Å². The molecule has 1 aliphatic rings. The molecule has 5 heteroatoms. The number of aliphatic hydroxyl groups is 3. The second kappa shape index (κ2) is 4.15. The zero-order valence-corrected chi connectivity index (χ0v) is 6.88. The Labute approximate surface area is 70.5 Å². The normalized spacial score (nSPS) is 38.5. The Morgan fingerprint density at radius 3 is 2.75 bits per heavy atom. The van der Waals surface area contributed by atoms with Gasteiger partial charge in [-0.05, 0) is 0 Å². The first-order valence-corrected chi connectivity index (χ1v) is 3.84. The Kier molecular flexibility index (Phi) is 3.42. The predicted molar refractivity (Wildman–Crippen MR) is 39.4 cm³/mol. The van der Waals surface area contributed by atoms with E-state index in [1.165, 1.54) is 7.11 Å². The van der Waals surface area contributed by atoms with Crippen molar-refractivity contribution in [2.45, 2.75) is 31.0 Å². The lowest BCUT2D eigenvalue weighted by molar-refractivity contribution is -0.166. The van der Waals surface area contributed by atoms with Gasteiger partial charge in [0.25, 0.3) is 0 Å². The summed E-state index contributed by atoms with van der Waals surface area (Å²) < 4.78 is 9.88. The molecule has 1 heterocycles. The van der Waals surface area contributed by atoms with Crippen LogP contribution in [0.2, 0.25) is 0 Å². The lowest BCUT2D eigenvalue weighted by Gasteiger charge is -2.15. The van der Waals surface area contributed by atoms with Gasteiger partial charge in [0.1, 0.15) is 12.2 Å². The van der Waals surface area contributed by atoms with Crippen molar-refractivity contribution in [2.24, 2.45) is 0 Å². The van der Waals surface area contributed by atoms with Gasteiger partial charge in [-0.2, -0.15) is 0 Å². The minimum Gasteiger partial charge on any atom is -0.394 e. The van der Waals surface area contributed by atoms with Crippen LogP contribution in [0.3, 0.4) is 0 Å². The largest absolute Gasteiger partial charge is 0.394 e. The third-order valence-electron chi connectivity index (χ3n) is 1.95. The van der Waals surface area contributed by atoms with Crippen molar-refractivity contribution < 1.29 is 24.8 Å². The van der Waals surface area contributed by atoms with Gasteiger partial charge >= 0.3 is 0 Å². The van der Waals surface area contributed by atoms with Gasteiger partial charge in [-0.15, -0.1) is 0 Å². The van der Waals surface area contributed by atoms with E-state index in [4.69, 9.17) is 19.7 Å². The van der Waals surface area contributed by atoms with Crippen LogP contribution in [0.1, 0.15) is 6.42 Å². The molecule has 1 saturated heterocycles. The molecule has 0 amide bonds. The first kappa shape index (κ1) is 9.88. The van der Waals surface area contributed by atoms with E-state index >= 15 is 0 Å². The number of methoxy groups -OCH3 is 1. The van der Waals surface area contributed by atoms with Crippen molar-refractivity contribution in [3.05, 3.63) is 0 Å². The van der Waals surface area contributed by atoms with Crippen LogP contribution in [0.5, 0.6) is 0 Å². The van der Waals surface area contributed by atoms with E-state index in [0.29, 0.717) is 6.42 Å². The quantitative estimate of drug-likeness (QED) is 0.488. The van der Waals surface area contributed by atoms with Crippen molar-refractivity contribution in [1.29, 1.82) is 0 Å². The van der Waals surface area contributed by atoms with Crippen molar-refractivity contribution in [1.82, 2.24) is 0 Å². The second-order valence-corrected chi connectivity index (χ2v) is 2.83. The standard InChI is InChI=1S/C7H14O5/c1-11-7-4(9)2-6(12-7)5(10)3-8/h4-10H,2-3H2,1H3/t4-,5-,6+,7?/m1/s1. The maximum atomic E-state index is 9.26. The van der Waals surface area contributed by atoms with Crippen LogP contribution >= 0.6 is 0 Å². The van der Waals surface area contributed by atoms with E-state index in [-0.39, 0.29) is 6.61 Å². The Hall–Kier alpha value is -0.200. The summed E-state index contributed by atoms with van der Waals surface area (Å²) in [6.45, 7) is -0.367. The van der Waals surface area contributed by atoms with Crippen LogP contribution in [-0.2, 0) is 9.47 Å². The van der Waals surface area contributed by atoms with Crippen LogP contribution in [-0.4, -0.2) is 53.6 Å². The molecule has 5 nitrogen and oxygen atoms in total. The molecule has 4 atom stereocenters. The highest BCUT2D eigenvalue weighted by Gasteiger charge is 2.37. The highest BCUT2D eigenvalue weighted by molar-refractivity contribution is 4.81. The number of aliphatic hydroxyl groups excluding tert-OH is 3. The maximum Gasteiger partial charge on any atom is 0.183 e. The van der Waals surface area contributed by atoms with E-state index < -0.39 is 24.6 Å². The van der Waals surface area contributed by atoms with Gasteiger partial charge in [-0.1, -0.05) is 0 Å². The van der Waals surface area contributed by atoms with Gasteiger partial charge < -0.3 is 24.8 Å². The summed E-state index contributed by atoms with van der Waals surface area (Å²) in [5, 5.41) is 27.0. The van der Waals surface area contributed by atoms with E-state index in [9.17, 15) is 5.11 Å². The molecule has 0 radical (unpaired) electrons. The third kappa shape index (κ3) is 1.94. The Morgan fingerprint density at radius 2 is 2.33 bits per heavy atom. The monoisotopic (exact) mass is 178 g/mol. The molecule has 0 spiro atoms. The van der Waals surface area contributed by atoms with E-state index in [0.717, 1.165) is 0 Å². The fraction of sp³-hybridized carbons (Fsp3) is 1.00. The zero-order chi connectivity index (χ0) is 9.14. The fourth-order valence-corrected chi connectivity index (χ4v) is 1.25. The van der Waals surface area contributed by atoms with E-state index in [1.807, 2.05) is 0 Å². The number of rotatable bonds is 3. The minimum absolute atomic E-state index is 0.292. The topological polar surface area (TPSA) is 79.2 Å². The average Bonchev–Trinajstić information content (AvgIpc) is 2.45. The predicted octanol–water partition coefficient (Wildman–Crippen LogP) is -1.54. The summed E-state index contributed by atoms with van der Waals surface area (Å²) in [4.78, 5) is 0. The van der Waals surface area contributed by atoms with Gasteiger partial charge in [0.05, 0.1) is 12.7 Å². The molecule has 3 N–H and O–H groups in total. The smallest absolute Gasteiger partial charge is 0.183 e. The van der Waals surface area contributed by atoms with Crippen molar-refractivity contribution in [3.63, 3.8) is 0 Å². The highest BCUT2D eigenvalue weighted by Crippen LogP contribution is 2.22. The van der Waals surface area contributed by atoms with Crippen LogP contribution in [0, 0.1) is 0 Å². The molecule has 12 heavy (non-hydrogen) atoms. The number of ether oxygens (including phenoxy) is 2. The molecule has 0 aromatic heterocycles. The van der Waals surface area contributed by atoms with Crippen molar-refractivity contribution in [2.75, 3.05) is 13.7 Å². The van der Waals surface area contributed by atoms with Gasteiger partial charge in [0, 0.05) is 13.5 Å². The Bertz CT molecular complexity index is 140. The summed E-state index contributed by atoms with van der Waals surface area (Å²) in [5.74, 6) is 0. The molecule has 1 fully saturated rings. The highest BCUT2D eigenvalue weighted by atomic mass is 16.7. The summed E-state index contributed by atoms with van der Waals surface area (Å²) in [5.41, 5.74) is 0. The summed E-state index contributed by atoms with van der Waals surface area (Å²) in [7, 11) is 1.42. The third-order valence-corrected chi connectivity index (χ3v) is 1.95. The molecule has 1 rings (SSSR count). The SMILES string of the molecule is COC1O[C@H]([C@H](O)CO)C[C@H]1O. The van der Waals surface area contributed by atoms with E-state index in [1.54, 1.807) is 0 Å². The van der Waals surface area contributed by atoms with Gasteiger partial charge in [-0.25, -0.2) is 0 Å². The summed E-state index contributed by atoms with van der Waals surface area (Å²) >= 11 is 0. The minimum atomic E-state index is -0.945. The van der Waals surface area contributed by atoms with Gasteiger partial charge in [-0.3, -0.25) is 0 Å². The second-order valence-electron chi connectivity index (χ2n) is 2.83. The van der Waals surface area contributed by atoms with Crippen LogP contribution in [0.15, 0.2) is 0 Å². The van der Waals surface area contributed by atoms with Crippen LogP contribution < -0.4 is 0 Å². The Balaban J connectivity index is 2.42. The molecule has 0 aromatic rings. The molecule has 1 aliphatic heterocycles. The molecule has 0 aliphatic carbocycles. The molecular formula is C7H14O5. The van der Waals surface area contributed by atoms with E-state index in [2.05, 4.69) is 0 Å². The number of hydrogen-bond donors (Lipinski definition) is 3. The summed E-state index contributed by atoms with van der Waals surface area (Å²) in [6, 6.07) is 0. The maximum absolute atomic E-state index is 9.26. The molecule has 72 valence electrons. The molecular weight excluding hydrogens is 164 g/mol. The molecule has 0 aromatic carbocycles. The Morgan fingerprint density at radius 1 is 1.67 bits per heavy atom. The van der Waals surface area contributed by atoms with Gasteiger partial charge in [0.2, 0.25) is 0 Å². The van der Waals surface area contributed by atoms with Crippen LogP contribution in [0.25, 0.3) is 0 Å². The first-order chi connectivity index (χ1) is 5.69. The molecule has 1 unspecified atom stereocenters. The molecule has 0 bridgehead atoms. The first-order valence-electron chi connectivity index (χ1n) is 3.84. The van der Waals surface area contributed by atoms with Crippen molar-refractivity contribution in [3.8, 4) is 0 Å².